The Morgan fingerprint density at radius 3 is 2.70 bits per heavy atom. The van der Waals surface area contributed by atoms with Crippen molar-refractivity contribution in [2.45, 2.75) is 45.2 Å². The summed E-state index contributed by atoms with van der Waals surface area (Å²) in [4.78, 5) is 40.8. The van der Waals surface area contributed by atoms with Crippen LogP contribution in [0.5, 0.6) is 0 Å². The van der Waals surface area contributed by atoms with Crippen molar-refractivity contribution in [1.82, 2.24) is 9.80 Å². The van der Waals surface area contributed by atoms with Gasteiger partial charge in [0.25, 0.3) is 0 Å². The van der Waals surface area contributed by atoms with E-state index in [1.807, 2.05) is 32.0 Å². The first kappa shape index (κ1) is 19.5. The van der Waals surface area contributed by atoms with E-state index in [-0.39, 0.29) is 36.7 Å². The molecular weight excluding hydrogens is 346 g/mol. The maximum Gasteiger partial charge on any atom is 0.247 e. The van der Waals surface area contributed by atoms with Crippen LogP contribution < -0.4 is 5.32 Å². The molecule has 2 fully saturated rings. The molecule has 7 nitrogen and oxygen atoms in total. The van der Waals surface area contributed by atoms with Gasteiger partial charge in [-0.3, -0.25) is 24.2 Å². The Morgan fingerprint density at radius 1 is 1.30 bits per heavy atom. The molecule has 0 radical (unpaired) electrons. The smallest absolute Gasteiger partial charge is 0.247 e. The second kappa shape index (κ2) is 8.19. The van der Waals surface area contributed by atoms with E-state index in [1.54, 1.807) is 12.0 Å². The lowest BCUT2D eigenvalue weighted by atomic mass is 10.1. The summed E-state index contributed by atoms with van der Waals surface area (Å²) in [6.45, 7) is 4.79. The molecule has 7 heteroatoms. The van der Waals surface area contributed by atoms with Crippen molar-refractivity contribution in [1.29, 1.82) is 0 Å². The number of rotatable bonds is 8. The van der Waals surface area contributed by atoms with E-state index in [1.165, 1.54) is 4.90 Å². The quantitative estimate of drug-likeness (QED) is 0.699. The molecule has 1 aliphatic carbocycles. The Hall–Kier alpha value is -2.25. The molecule has 1 aromatic carbocycles. The van der Waals surface area contributed by atoms with Crippen LogP contribution in [0.4, 0.5) is 5.69 Å². The van der Waals surface area contributed by atoms with Crippen LogP contribution >= 0.6 is 0 Å². The van der Waals surface area contributed by atoms with Gasteiger partial charge in [-0.25, -0.2) is 0 Å². The van der Waals surface area contributed by atoms with E-state index in [2.05, 4.69) is 5.32 Å². The zero-order valence-electron chi connectivity index (χ0n) is 16.2. The molecule has 0 aromatic heterocycles. The Labute approximate surface area is 159 Å². The van der Waals surface area contributed by atoms with Gasteiger partial charge in [-0.15, -0.1) is 0 Å². The summed E-state index contributed by atoms with van der Waals surface area (Å²) in [5, 5.41) is 2.92. The van der Waals surface area contributed by atoms with Crippen LogP contribution in [0.15, 0.2) is 18.2 Å². The largest absolute Gasteiger partial charge is 0.383 e. The van der Waals surface area contributed by atoms with E-state index in [4.69, 9.17) is 4.74 Å². The van der Waals surface area contributed by atoms with E-state index < -0.39 is 6.04 Å². The number of nitrogens with one attached hydrogen (secondary N) is 1. The average Bonchev–Trinajstić information content (AvgIpc) is 3.41. The Balaban J connectivity index is 1.69. The number of carbonyl (C=O) groups excluding carboxylic acids is 3. The molecular formula is C20H27N3O4. The first-order valence-corrected chi connectivity index (χ1v) is 9.37. The predicted molar refractivity (Wildman–Crippen MR) is 101 cm³/mol. The van der Waals surface area contributed by atoms with Crippen LogP contribution in [0.2, 0.25) is 0 Å². The van der Waals surface area contributed by atoms with Crippen molar-refractivity contribution >= 4 is 23.4 Å². The van der Waals surface area contributed by atoms with Gasteiger partial charge in [0.1, 0.15) is 0 Å². The SMILES string of the molecule is COCCN(CC(=O)Nc1cccc(C)c1C)[C@@H]1CC(=O)N(C2CC2)C1=O. The Morgan fingerprint density at radius 2 is 2.04 bits per heavy atom. The third-order valence-corrected chi connectivity index (χ3v) is 5.32. The van der Waals surface area contributed by atoms with Crippen molar-refractivity contribution in [2.24, 2.45) is 0 Å². The molecule has 1 atom stereocenters. The standard InChI is InChI=1S/C20H27N3O4/c1-13-5-4-6-16(14(13)2)21-18(24)12-22(9-10-27-3)17-11-19(25)23(20(17)26)15-7-8-15/h4-6,15,17H,7-12H2,1-3H3,(H,21,24)/t17-/m1/s1. The first-order chi connectivity index (χ1) is 12.9. The van der Waals surface area contributed by atoms with Crippen LogP contribution in [-0.2, 0) is 19.1 Å². The van der Waals surface area contributed by atoms with Gasteiger partial charge >= 0.3 is 0 Å². The summed E-state index contributed by atoms with van der Waals surface area (Å²) in [5.74, 6) is -0.520. The number of nitrogens with zero attached hydrogens (tertiary/aromatic N) is 2. The number of imide groups is 1. The van der Waals surface area contributed by atoms with Gasteiger partial charge in [-0.2, -0.15) is 0 Å². The fourth-order valence-corrected chi connectivity index (χ4v) is 3.45. The van der Waals surface area contributed by atoms with Crippen LogP contribution in [0.25, 0.3) is 0 Å². The number of ether oxygens (including phenoxy) is 1. The molecule has 3 rings (SSSR count). The average molecular weight is 373 g/mol. The summed E-state index contributed by atoms with van der Waals surface area (Å²) in [6, 6.07) is 5.22. The molecule has 1 aromatic rings. The topological polar surface area (TPSA) is 79.0 Å². The molecule has 27 heavy (non-hydrogen) atoms. The summed E-state index contributed by atoms with van der Waals surface area (Å²) >= 11 is 0. The minimum Gasteiger partial charge on any atom is -0.383 e. The molecule has 1 aliphatic heterocycles. The fourth-order valence-electron chi connectivity index (χ4n) is 3.45. The van der Waals surface area contributed by atoms with Crippen LogP contribution in [0, 0.1) is 13.8 Å². The minimum absolute atomic E-state index is 0.0406. The van der Waals surface area contributed by atoms with Gasteiger partial charge in [0.15, 0.2) is 0 Å². The normalized spacial score (nSPS) is 19.9. The molecule has 1 saturated heterocycles. The maximum atomic E-state index is 12.7. The predicted octanol–water partition coefficient (Wildman–Crippen LogP) is 1.48. The lowest BCUT2D eigenvalue weighted by Crippen LogP contribution is -2.47. The van der Waals surface area contributed by atoms with Crippen LogP contribution in [0.3, 0.4) is 0 Å². The van der Waals surface area contributed by atoms with Crippen molar-refractivity contribution in [3.63, 3.8) is 0 Å². The number of aryl methyl sites for hydroxylation is 1. The van der Waals surface area contributed by atoms with Crippen molar-refractivity contribution in [3.8, 4) is 0 Å². The molecule has 1 N–H and O–H groups in total. The number of hydrogen-bond donors (Lipinski definition) is 1. The highest BCUT2D eigenvalue weighted by Crippen LogP contribution is 2.32. The Kier molecular flexibility index (Phi) is 5.92. The number of methoxy groups -OCH3 is 1. The highest BCUT2D eigenvalue weighted by Gasteiger charge is 2.48. The number of likely N-dealkylation sites (tertiary alicyclic amines) is 1. The summed E-state index contributed by atoms with van der Waals surface area (Å²) in [6.07, 6.45) is 1.90. The van der Waals surface area contributed by atoms with Gasteiger partial charge in [0.2, 0.25) is 17.7 Å². The zero-order valence-corrected chi connectivity index (χ0v) is 16.2. The molecule has 1 heterocycles. The fraction of sp³-hybridized carbons (Fsp3) is 0.550. The molecule has 146 valence electrons. The third kappa shape index (κ3) is 4.36. The van der Waals surface area contributed by atoms with Crippen molar-refractivity contribution < 1.29 is 19.1 Å². The summed E-state index contributed by atoms with van der Waals surface area (Å²) in [7, 11) is 1.58. The first-order valence-electron chi connectivity index (χ1n) is 9.37. The van der Waals surface area contributed by atoms with Crippen LogP contribution in [-0.4, -0.2) is 66.4 Å². The van der Waals surface area contributed by atoms with Gasteiger partial charge in [0.05, 0.1) is 25.6 Å². The zero-order chi connectivity index (χ0) is 19.6. The number of carbonyl (C=O) groups is 3. The van der Waals surface area contributed by atoms with Gasteiger partial charge < -0.3 is 10.1 Å². The molecule has 1 saturated carbocycles. The lowest BCUT2D eigenvalue weighted by Gasteiger charge is -2.26. The number of hydrogen-bond acceptors (Lipinski definition) is 5. The Bertz CT molecular complexity index is 745. The number of amides is 3. The van der Waals surface area contributed by atoms with Gasteiger partial charge in [0, 0.05) is 25.4 Å². The highest BCUT2D eigenvalue weighted by atomic mass is 16.5. The highest BCUT2D eigenvalue weighted by molar-refractivity contribution is 6.06. The van der Waals surface area contributed by atoms with E-state index >= 15 is 0 Å². The van der Waals surface area contributed by atoms with Gasteiger partial charge in [-0.05, 0) is 43.9 Å². The van der Waals surface area contributed by atoms with Crippen molar-refractivity contribution in [2.75, 3.05) is 32.1 Å². The third-order valence-electron chi connectivity index (χ3n) is 5.32. The number of anilines is 1. The maximum absolute atomic E-state index is 12.7. The van der Waals surface area contributed by atoms with Crippen molar-refractivity contribution in [3.05, 3.63) is 29.3 Å². The molecule has 3 amide bonds. The summed E-state index contributed by atoms with van der Waals surface area (Å²) < 4.78 is 5.13. The van der Waals surface area contributed by atoms with Gasteiger partial charge in [-0.1, -0.05) is 12.1 Å². The molecule has 0 unspecified atom stereocenters. The van der Waals surface area contributed by atoms with E-state index in [0.717, 1.165) is 29.7 Å². The second-order valence-electron chi connectivity index (χ2n) is 7.31. The van der Waals surface area contributed by atoms with E-state index in [0.29, 0.717) is 13.2 Å². The molecule has 0 bridgehead atoms. The monoisotopic (exact) mass is 373 g/mol. The van der Waals surface area contributed by atoms with Crippen LogP contribution in [0.1, 0.15) is 30.4 Å². The lowest BCUT2D eigenvalue weighted by molar-refractivity contribution is -0.140. The van der Waals surface area contributed by atoms with E-state index in [9.17, 15) is 14.4 Å². The number of benzene rings is 1. The second-order valence-corrected chi connectivity index (χ2v) is 7.31. The summed E-state index contributed by atoms with van der Waals surface area (Å²) in [5.41, 5.74) is 2.88. The molecule has 0 spiro atoms. The molecule has 2 aliphatic rings. The minimum atomic E-state index is -0.586.